The summed E-state index contributed by atoms with van der Waals surface area (Å²) in [5, 5.41) is 1.27. The molecule has 10 nitrogen and oxygen atoms in total. The molecule has 0 radical (unpaired) electrons. The molecule has 3 heterocycles. The number of nitrogens with one attached hydrogen (secondary N) is 1. The van der Waals surface area contributed by atoms with Crippen molar-refractivity contribution in [2.24, 2.45) is 17.8 Å². The fourth-order valence-corrected chi connectivity index (χ4v) is 7.60. The van der Waals surface area contributed by atoms with E-state index in [0.29, 0.717) is 23.7 Å². The van der Waals surface area contributed by atoms with Gasteiger partial charge >= 0.3 is 11.9 Å². The number of H-pyrrole nitrogens is 1. The second-order valence-electron chi connectivity index (χ2n) is 11.3. The molecule has 1 aromatic heterocycles. The van der Waals surface area contributed by atoms with Crippen LogP contribution in [0.15, 0.2) is 36.4 Å². The number of benzene rings is 2. The summed E-state index contributed by atoms with van der Waals surface area (Å²) in [6, 6.07) is 11.7. The highest BCUT2D eigenvalue weighted by molar-refractivity contribution is 5.91. The van der Waals surface area contributed by atoms with E-state index in [0.717, 1.165) is 31.4 Å². The molecule has 1 aliphatic carbocycles. The standard InChI is InChI=1S/C32H38N2O8/c1-37-24-12-17(13-25(38-2)29(24)39-3)31(35)42-26-14-18-16-34-11-10-20-19-8-6-7-9-22(19)33-28(20)23(34)15-21(18)27(30(26)40-4)32(36)41-5/h6-9,12-13,18,21,23,26-27,30,33H,10-11,14-16H2,1-5H3/t18-,21-,23-,26+,27-,30+/m0/s1. The highest BCUT2D eigenvalue weighted by Crippen LogP contribution is 2.50. The Labute approximate surface area is 245 Å². The molecule has 6 atom stereocenters. The van der Waals surface area contributed by atoms with E-state index >= 15 is 0 Å². The first-order chi connectivity index (χ1) is 20.4. The van der Waals surface area contributed by atoms with Crippen molar-refractivity contribution in [3.63, 3.8) is 0 Å². The zero-order valence-corrected chi connectivity index (χ0v) is 24.7. The molecule has 0 amide bonds. The van der Waals surface area contributed by atoms with Crippen molar-refractivity contribution in [2.75, 3.05) is 48.6 Å². The minimum absolute atomic E-state index is 0.0112. The van der Waals surface area contributed by atoms with Crippen molar-refractivity contribution in [1.82, 2.24) is 9.88 Å². The van der Waals surface area contributed by atoms with Crippen molar-refractivity contribution in [1.29, 1.82) is 0 Å². The number of esters is 2. The van der Waals surface area contributed by atoms with Crippen molar-refractivity contribution in [2.45, 2.75) is 37.5 Å². The molecule has 42 heavy (non-hydrogen) atoms. The zero-order chi connectivity index (χ0) is 29.5. The van der Waals surface area contributed by atoms with E-state index in [4.69, 9.17) is 28.4 Å². The molecule has 3 aromatic rings. The van der Waals surface area contributed by atoms with Crippen LogP contribution in [-0.2, 0) is 25.4 Å². The van der Waals surface area contributed by atoms with Crippen molar-refractivity contribution >= 4 is 22.8 Å². The first-order valence-electron chi connectivity index (χ1n) is 14.4. The number of para-hydroxylation sites is 1. The van der Waals surface area contributed by atoms with Gasteiger partial charge in [-0.2, -0.15) is 0 Å². The molecule has 1 saturated carbocycles. The molecule has 0 bridgehead atoms. The maximum Gasteiger partial charge on any atom is 0.338 e. The van der Waals surface area contributed by atoms with Crippen LogP contribution in [0.25, 0.3) is 10.9 Å². The van der Waals surface area contributed by atoms with Crippen LogP contribution in [0, 0.1) is 17.8 Å². The number of carbonyl (C=O) groups is 2. The van der Waals surface area contributed by atoms with Crippen molar-refractivity contribution in [3.05, 3.63) is 53.2 Å². The monoisotopic (exact) mass is 578 g/mol. The number of hydrogen-bond acceptors (Lipinski definition) is 9. The fraction of sp³-hybridized carbons (Fsp3) is 0.500. The van der Waals surface area contributed by atoms with Gasteiger partial charge in [-0.25, -0.2) is 4.79 Å². The van der Waals surface area contributed by atoms with Crippen LogP contribution < -0.4 is 14.2 Å². The number of hydrogen-bond donors (Lipinski definition) is 1. The van der Waals surface area contributed by atoms with Gasteiger partial charge in [0.15, 0.2) is 11.5 Å². The molecule has 1 N–H and O–H groups in total. The van der Waals surface area contributed by atoms with E-state index in [1.54, 1.807) is 19.2 Å². The maximum atomic E-state index is 13.5. The summed E-state index contributed by atoms with van der Waals surface area (Å²) in [7, 11) is 7.45. The maximum absolute atomic E-state index is 13.5. The lowest BCUT2D eigenvalue weighted by Crippen LogP contribution is -2.58. The van der Waals surface area contributed by atoms with Crippen LogP contribution in [0.1, 0.15) is 40.5 Å². The lowest BCUT2D eigenvalue weighted by atomic mass is 9.63. The SMILES string of the molecule is COC(=O)[C@H]1[C@H]2C[C@H]3c4[nH]c5ccccc5c4CCN3C[C@@H]2C[C@@H](OC(=O)c2cc(OC)c(OC)c(OC)c2)[C@H]1OC. The summed E-state index contributed by atoms with van der Waals surface area (Å²) in [4.78, 5) is 33.1. The molecule has 2 aliphatic heterocycles. The normalized spacial score (nSPS) is 26.9. The molecular weight excluding hydrogens is 540 g/mol. The first-order valence-corrected chi connectivity index (χ1v) is 14.4. The topological polar surface area (TPSA) is 109 Å². The van der Waals surface area contributed by atoms with Gasteiger partial charge in [-0.1, -0.05) is 18.2 Å². The number of piperidine rings is 1. The molecule has 0 spiro atoms. The molecule has 6 rings (SSSR count). The predicted molar refractivity (Wildman–Crippen MR) is 154 cm³/mol. The summed E-state index contributed by atoms with van der Waals surface area (Å²) in [5.74, 6) is -0.254. The summed E-state index contributed by atoms with van der Waals surface area (Å²) >= 11 is 0. The average molecular weight is 579 g/mol. The van der Waals surface area contributed by atoms with Crippen LogP contribution in [0.2, 0.25) is 0 Å². The third-order valence-electron chi connectivity index (χ3n) is 9.46. The van der Waals surface area contributed by atoms with Crippen LogP contribution in [0.3, 0.4) is 0 Å². The van der Waals surface area contributed by atoms with Gasteiger partial charge in [0.1, 0.15) is 12.2 Å². The Bertz CT molecular complexity index is 1460. The number of nitrogens with zero attached hydrogens (tertiary/aromatic N) is 1. The lowest BCUT2D eigenvalue weighted by molar-refractivity contribution is -0.176. The molecule has 224 valence electrons. The minimum atomic E-state index is -0.651. The van der Waals surface area contributed by atoms with E-state index in [1.165, 1.54) is 45.1 Å². The number of aromatic amines is 1. The molecule has 2 aromatic carbocycles. The Morgan fingerprint density at radius 1 is 0.952 bits per heavy atom. The van der Waals surface area contributed by atoms with Gasteiger partial charge < -0.3 is 33.4 Å². The fourth-order valence-electron chi connectivity index (χ4n) is 7.60. The van der Waals surface area contributed by atoms with Gasteiger partial charge in [0.25, 0.3) is 0 Å². The number of methoxy groups -OCH3 is 5. The smallest absolute Gasteiger partial charge is 0.338 e. The Balaban J connectivity index is 1.29. The minimum Gasteiger partial charge on any atom is -0.493 e. The number of carbonyl (C=O) groups excluding carboxylic acids is 2. The Morgan fingerprint density at radius 3 is 2.36 bits per heavy atom. The van der Waals surface area contributed by atoms with Gasteiger partial charge in [0.2, 0.25) is 5.75 Å². The molecule has 10 heteroatoms. The molecule has 0 unspecified atom stereocenters. The number of rotatable bonds is 7. The van der Waals surface area contributed by atoms with Crippen LogP contribution in [-0.4, -0.2) is 82.7 Å². The van der Waals surface area contributed by atoms with Gasteiger partial charge in [-0.05, 0) is 54.9 Å². The van der Waals surface area contributed by atoms with Gasteiger partial charge in [-0.15, -0.1) is 0 Å². The average Bonchev–Trinajstić information content (AvgIpc) is 3.41. The van der Waals surface area contributed by atoms with E-state index in [1.807, 2.05) is 0 Å². The number of ether oxygens (including phenoxy) is 6. The highest BCUT2D eigenvalue weighted by atomic mass is 16.6. The second-order valence-corrected chi connectivity index (χ2v) is 11.3. The number of aromatic nitrogens is 1. The Kier molecular flexibility index (Phi) is 7.76. The van der Waals surface area contributed by atoms with E-state index < -0.39 is 24.1 Å². The molecular formula is C32H38N2O8. The quantitative estimate of drug-likeness (QED) is 0.414. The third kappa shape index (κ3) is 4.66. The van der Waals surface area contributed by atoms with E-state index in [2.05, 4.69) is 34.1 Å². The Morgan fingerprint density at radius 2 is 1.69 bits per heavy atom. The molecule has 3 aliphatic rings. The summed E-state index contributed by atoms with van der Waals surface area (Å²) < 4.78 is 33.6. The predicted octanol–water partition coefficient (Wildman–Crippen LogP) is 4.16. The van der Waals surface area contributed by atoms with Crippen molar-refractivity contribution in [3.8, 4) is 17.2 Å². The van der Waals surface area contributed by atoms with E-state index in [9.17, 15) is 9.59 Å². The molecule has 1 saturated heterocycles. The number of fused-ring (bicyclic) bond motifs is 6. The summed E-state index contributed by atoms with van der Waals surface area (Å²) in [6.07, 6.45) is 1.04. The van der Waals surface area contributed by atoms with Crippen LogP contribution in [0.4, 0.5) is 0 Å². The zero-order valence-electron chi connectivity index (χ0n) is 24.7. The van der Waals surface area contributed by atoms with Gasteiger partial charge in [-0.3, -0.25) is 9.69 Å². The first kappa shape index (κ1) is 28.4. The van der Waals surface area contributed by atoms with Gasteiger partial charge in [0.05, 0.1) is 46.0 Å². The van der Waals surface area contributed by atoms with Crippen molar-refractivity contribution < 1.29 is 38.0 Å². The highest BCUT2D eigenvalue weighted by Gasteiger charge is 2.54. The van der Waals surface area contributed by atoms with Crippen LogP contribution in [0.5, 0.6) is 17.2 Å². The second kappa shape index (κ2) is 11.5. The summed E-state index contributed by atoms with van der Waals surface area (Å²) in [5.41, 5.74) is 4.01. The largest absolute Gasteiger partial charge is 0.493 e. The third-order valence-corrected chi connectivity index (χ3v) is 9.46. The molecule has 2 fully saturated rings. The van der Waals surface area contributed by atoms with Gasteiger partial charge in [0, 0.05) is 36.8 Å². The summed E-state index contributed by atoms with van der Waals surface area (Å²) in [6.45, 7) is 1.74. The Hall–Kier alpha value is -3.76. The lowest BCUT2D eigenvalue weighted by Gasteiger charge is -2.52. The van der Waals surface area contributed by atoms with Crippen LogP contribution >= 0.6 is 0 Å². The van der Waals surface area contributed by atoms with E-state index in [-0.39, 0.29) is 29.4 Å².